The molecule has 0 saturated carbocycles. The van der Waals surface area contributed by atoms with Crippen LogP contribution < -0.4 is 10.6 Å². The molecule has 0 fully saturated rings. The van der Waals surface area contributed by atoms with Crippen LogP contribution in [0.1, 0.15) is 46.7 Å². The predicted octanol–water partition coefficient (Wildman–Crippen LogP) is 5.79. The maximum absolute atomic E-state index is 12.5. The molecule has 0 radical (unpaired) electrons. The van der Waals surface area contributed by atoms with Gasteiger partial charge in [0.2, 0.25) is 0 Å². The molecule has 0 unspecified atom stereocenters. The first-order valence-electron chi connectivity index (χ1n) is 12.6. The number of thiophene rings is 1. The molecule has 1 heterocycles. The third-order valence-corrected chi connectivity index (χ3v) is 7.83. The normalized spacial score (nSPS) is 12.9. The number of aliphatic carboxylic acids is 1. The summed E-state index contributed by atoms with van der Waals surface area (Å²) in [5, 5.41) is 17.7. The van der Waals surface area contributed by atoms with Gasteiger partial charge in [-0.1, -0.05) is 66.7 Å². The van der Waals surface area contributed by atoms with E-state index in [1.165, 1.54) is 11.3 Å². The van der Waals surface area contributed by atoms with Crippen LogP contribution in [0, 0.1) is 0 Å². The Hall–Kier alpha value is -4.17. The molecule has 7 nitrogen and oxygen atoms in total. The Balaban J connectivity index is 1.08. The molecule has 0 bridgehead atoms. The molecule has 0 spiro atoms. The van der Waals surface area contributed by atoms with Crippen LogP contribution in [0.15, 0.2) is 78.2 Å². The first-order chi connectivity index (χ1) is 18.5. The van der Waals surface area contributed by atoms with Crippen molar-refractivity contribution in [2.45, 2.75) is 31.2 Å². The lowest BCUT2D eigenvalue weighted by molar-refractivity contribution is -0.139. The number of fused-ring (bicyclic) bond motifs is 4. The number of alkyl carbamates (subject to hydrolysis) is 1. The number of carboxylic acid groups (broad SMARTS) is 1. The first kappa shape index (κ1) is 25.5. The van der Waals surface area contributed by atoms with Gasteiger partial charge in [0.25, 0.3) is 5.91 Å². The summed E-state index contributed by atoms with van der Waals surface area (Å²) in [7, 11) is 0. The van der Waals surface area contributed by atoms with E-state index in [4.69, 9.17) is 4.74 Å². The van der Waals surface area contributed by atoms with Crippen LogP contribution in [0.3, 0.4) is 0 Å². The van der Waals surface area contributed by atoms with Crippen molar-refractivity contribution in [3.8, 4) is 11.1 Å². The van der Waals surface area contributed by atoms with E-state index in [-0.39, 0.29) is 24.9 Å². The lowest BCUT2D eigenvalue weighted by Gasteiger charge is -2.17. The van der Waals surface area contributed by atoms with Crippen LogP contribution >= 0.6 is 11.3 Å². The Bertz CT molecular complexity index is 1430. The lowest BCUT2D eigenvalue weighted by Crippen LogP contribution is -2.41. The Morgan fingerprint density at radius 1 is 0.895 bits per heavy atom. The summed E-state index contributed by atoms with van der Waals surface area (Å²) in [6.45, 7) is 0.537. The maximum Gasteiger partial charge on any atom is 0.407 e. The molecule has 194 valence electrons. The zero-order valence-electron chi connectivity index (χ0n) is 20.7. The predicted molar refractivity (Wildman–Crippen MR) is 148 cm³/mol. The Labute approximate surface area is 224 Å². The van der Waals surface area contributed by atoms with Crippen molar-refractivity contribution in [1.29, 1.82) is 0 Å². The second-order valence-corrected chi connectivity index (χ2v) is 10.2. The van der Waals surface area contributed by atoms with E-state index in [0.29, 0.717) is 24.9 Å². The summed E-state index contributed by atoms with van der Waals surface area (Å²) in [5.41, 5.74) is 5.08. The second-order valence-electron chi connectivity index (χ2n) is 9.26. The molecule has 0 aliphatic heterocycles. The van der Waals surface area contributed by atoms with Crippen LogP contribution in [-0.2, 0) is 9.53 Å². The van der Waals surface area contributed by atoms with Gasteiger partial charge in [0.1, 0.15) is 12.6 Å². The third kappa shape index (κ3) is 5.40. The number of carboxylic acids is 1. The van der Waals surface area contributed by atoms with Crippen molar-refractivity contribution in [2.75, 3.05) is 13.2 Å². The van der Waals surface area contributed by atoms with Crippen LogP contribution in [0.4, 0.5) is 4.79 Å². The van der Waals surface area contributed by atoms with Crippen molar-refractivity contribution in [3.05, 3.63) is 94.9 Å². The number of nitrogens with one attached hydrogen (secondary N) is 2. The fourth-order valence-electron chi connectivity index (χ4n) is 4.96. The molecule has 1 aliphatic rings. The quantitative estimate of drug-likeness (QED) is 0.226. The average molecular weight is 529 g/mol. The van der Waals surface area contributed by atoms with Gasteiger partial charge in [0.05, 0.1) is 5.56 Å². The summed E-state index contributed by atoms with van der Waals surface area (Å²) in [5.74, 6) is -1.36. The van der Waals surface area contributed by atoms with E-state index in [1.54, 1.807) is 0 Å². The average Bonchev–Trinajstić information content (AvgIpc) is 3.50. The molecular weight excluding hydrogens is 500 g/mol. The van der Waals surface area contributed by atoms with Gasteiger partial charge >= 0.3 is 12.1 Å². The lowest BCUT2D eigenvalue weighted by atomic mass is 9.98. The van der Waals surface area contributed by atoms with E-state index >= 15 is 0 Å². The molecule has 1 atom stereocenters. The van der Waals surface area contributed by atoms with Crippen molar-refractivity contribution in [2.24, 2.45) is 0 Å². The van der Waals surface area contributed by atoms with Crippen LogP contribution in [0.2, 0.25) is 0 Å². The zero-order valence-corrected chi connectivity index (χ0v) is 21.5. The Morgan fingerprint density at radius 2 is 1.55 bits per heavy atom. The van der Waals surface area contributed by atoms with Gasteiger partial charge < -0.3 is 20.5 Å². The third-order valence-electron chi connectivity index (χ3n) is 6.86. The van der Waals surface area contributed by atoms with Gasteiger partial charge in [-0.25, -0.2) is 9.59 Å². The van der Waals surface area contributed by atoms with Gasteiger partial charge in [-0.3, -0.25) is 4.79 Å². The molecular formula is C30H28N2O5S. The summed E-state index contributed by atoms with van der Waals surface area (Å²) >= 11 is 1.53. The number of carbonyl (C=O) groups excluding carboxylic acids is 2. The molecule has 2 amide bonds. The number of hydrogen-bond acceptors (Lipinski definition) is 5. The molecule has 5 rings (SSSR count). The summed E-state index contributed by atoms with van der Waals surface area (Å²) in [4.78, 5) is 36.8. The highest BCUT2D eigenvalue weighted by Gasteiger charge is 2.29. The van der Waals surface area contributed by atoms with E-state index in [1.807, 2.05) is 66.0 Å². The summed E-state index contributed by atoms with van der Waals surface area (Å²) < 4.78 is 6.54. The van der Waals surface area contributed by atoms with Crippen LogP contribution in [-0.4, -0.2) is 42.3 Å². The highest BCUT2D eigenvalue weighted by molar-refractivity contribution is 7.17. The number of benzene rings is 3. The highest BCUT2D eigenvalue weighted by atomic mass is 32.1. The zero-order chi connectivity index (χ0) is 26.5. The van der Waals surface area contributed by atoms with E-state index in [9.17, 15) is 19.5 Å². The van der Waals surface area contributed by atoms with Gasteiger partial charge in [-0.15, -0.1) is 11.3 Å². The maximum atomic E-state index is 12.5. The molecule has 3 aromatic carbocycles. The molecule has 0 saturated heterocycles. The van der Waals surface area contributed by atoms with Crippen molar-refractivity contribution >= 4 is 39.4 Å². The number of rotatable bonds is 10. The molecule has 1 aliphatic carbocycles. The van der Waals surface area contributed by atoms with Gasteiger partial charge in [-0.2, -0.15) is 0 Å². The topological polar surface area (TPSA) is 105 Å². The Kier molecular flexibility index (Phi) is 7.70. The smallest absolute Gasteiger partial charge is 0.407 e. The largest absolute Gasteiger partial charge is 0.480 e. The summed E-state index contributed by atoms with van der Waals surface area (Å²) in [6, 6.07) is 22.7. The highest BCUT2D eigenvalue weighted by Crippen LogP contribution is 2.44. The van der Waals surface area contributed by atoms with E-state index in [0.717, 1.165) is 32.3 Å². The minimum atomic E-state index is -1.12. The van der Waals surface area contributed by atoms with E-state index in [2.05, 4.69) is 22.8 Å². The number of hydrogen-bond donors (Lipinski definition) is 3. The van der Waals surface area contributed by atoms with E-state index < -0.39 is 18.1 Å². The molecule has 3 N–H and O–H groups in total. The second kappa shape index (κ2) is 11.5. The van der Waals surface area contributed by atoms with Gasteiger partial charge in [0, 0.05) is 27.9 Å². The minimum Gasteiger partial charge on any atom is -0.480 e. The fourth-order valence-corrected chi connectivity index (χ4v) is 5.90. The van der Waals surface area contributed by atoms with Gasteiger partial charge in [-0.05, 0) is 47.6 Å². The Morgan fingerprint density at radius 3 is 2.26 bits per heavy atom. The molecule has 38 heavy (non-hydrogen) atoms. The minimum absolute atomic E-state index is 0.0969. The first-order valence-corrected chi connectivity index (χ1v) is 13.5. The van der Waals surface area contributed by atoms with Crippen molar-refractivity contribution in [1.82, 2.24) is 10.6 Å². The molecule has 8 heteroatoms. The molecule has 4 aromatic rings. The standard InChI is InChI=1S/C30H28N2O5S/c33-28(25-18-38-27-15-6-5-13-23(25)27)31-16-8-7-14-26(29(34)35)32-30(36)37-17-24-21-11-3-1-9-19(21)20-10-2-4-12-22(20)24/h1-6,9-13,15,18,24,26H,7-8,14,16-17H2,(H,31,33)(H,32,36)(H,34,35)/t26-/m0/s1. The van der Waals surface area contributed by atoms with Crippen LogP contribution in [0.5, 0.6) is 0 Å². The fraction of sp³-hybridized carbons (Fsp3) is 0.233. The van der Waals surface area contributed by atoms with Crippen molar-refractivity contribution in [3.63, 3.8) is 0 Å². The number of unbranched alkanes of at least 4 members (excludes halogenated alkanes) is 1. The SMILES string of the molecule is O=C(N[C@@H](CCCCNC(=O)c1csc2ccccc12)C(=O)O)OCC1c2ccccc2-c2ccccc21. The van der Waals surface area contributed by atoms with Crippen LogP contribution in [0.25, 0.3) is 21.2 Å². The number of ether oxygens (including phenoxy) is 1. The molecule has 1 aromatic heterocycles. The van der Waals surface area contributed by atoms with Crippen molar-refractivity contribution < 1.29 is 24.2 Å². The summed E-state index contributed by atoms with van der Waals surface area (Å²) in [6.07, 6.45) is 0.586. The monoisotopic (exact) mass is 528 g/mol. The number of carbonyl (C=O) groups is 3. The van der Waals surface area contributed by atoms with Gasteiger partial charge in [0.15, 0.2) is 0 Å². The number of amides is 2.